The van der Waals surface area contributed by atoms with Crippen molar-refractivity contribution in [2.24, 2.45) is 11.8 Å². The lowest BCUT2D eigenvalue weighted by Gasteiger charge is -2.36. The molecule has 2 saturated heterocycles. The quantitative estimate of drug-likeness (QED) is 0.280. The van der Waals surface area contributed by atoms with Crippen LogP contribution in [0, 0.1) is 25.7 Å². The summed E-state index contributed by atoms with van der Waals surface area (Å²) in [6.07, 6.45) is 7.36. The highest BCUT2D eigenvalue weighted by Crippen LogP contribution is 2.56. The summed E-state index contributed by atoms with van der Waals surface area (Å²) in [6, 6.07) is 13.5. The lowest BCUT2D eigenvalue weighted by atomic mass is 9.74. The van der Waals surface area contributed by atoms with E-state index in [4.69, 9.17) is 9.47 Å². The minimum absolute atomic E-state index is 0.0440. The van der Waals surface area contributed by atoms with E-state index in [1.807, 2.05) is 74.5 Å². The van der Waals surface area contributed by atoms with Crippen molar-refractivity contribution >= 4 is 29.4 Å². The third kappa shape index (κ3) is 6.00. The van der Waals surface area contributed by atoms with E-state index in [2.05, 4.69) is 5.32 Å². The second-order valence-corrected chi connectivity index (χ2v) is 13.0. The Balaban J connectivity index is 1.45. The molecule has 2 fully saturated rings. The molecule has 3 amide bonds. The molecular weight excluding hydrogens is 598 g/mol. The molecule has 10 heteroatoms. The molecule has 0 radical (unpaired) electrons. The van der Waals surface area contributed by atoms with Gasteiger partial charge in [-0.15, -0.1) is 0 Å². The van der Waals surface area contributed by atoms with Gasteiger partial charge in [0.05, 0.1) is 18.1 Å². The smallest absolute Gasteiger partial charge is 0.313 e. The number of hydrogen-bond acceptors (Lipinski definition) is 7. The monoisotopic (exact) mass is 641 g/mol. The van der Waals surface area contributed by atoms with Gasteiger partial charge in [0.2, 0.25) is 11.8 Å². The molecule has 1 spiro atoms. The Morgan fingerprint density at radius 3 is 2.55 bits per heavy atom. The van der Waals surface area contributed by atoms with E-state index in [1.54, 1.807) is 28.9 Å². The fourth-order valence-corrected chi connectivity index (χ4v) is 7.54. The molecule has 2 N–H and O–H groups in total. The summed E-state index contributed by atoms with van der Waals surface area (Å²) in [5, 5.41) is 12.5. The van der Waals surface area contributed by atoms with Crippen LogP contribution in [0.1, 0.15) is 55.4 Å². The zero-order valence-electron chi connectivity index (χ0n) is 27.1. The summed E-state index contributed by atoms with van der Waals surface area (Å²) in [5.74, 6) is -3.42. The molecule has 0 unspecified atom stereocenters. The van der Waals surface area contributed by atoms with E-state index in [0.29, 0.717) is 30.5 Å². The van der Waals surface area contributed by atoms with E-state index >= 15 is 0 Å². The topological polar surface area (TPSA) is 125 Å². The van der Waals surface area contributed by atoms with E-state index < -0.39 is 47.7 Å². The Kier molecular flexibility index (Phi) is 9.34. The van der Waals surface area contributed by atoms with Gasteiger partial charge in [0.1, 0.15) is 23.7 Å². The first-order valence-electron chi connectivity index (χ1n) is 16.5. The summed E-state index contributed by atoms with van der Waals surface area (Å²) >= 11 is 0. The number of esters is 1. The number of carbonyl (C=O) groups excluding carboxylic acids is 4. The number of cyclic esters (lactones) is 1. The van der Waals surface area contributed by atoms with Crippen molar-refractivity contribution in [1.29, 1.82) is 0 Å². The second-order valence-electron chi connectivity index (χ2n) is 13.0. The molecule has 248 valence electrons. The highest BCUT2D eigenvalue weighted by molar-refractivity contribution is 6.05. The molecule has 0 aromatic heterocycles. The summed E-state index contributed by atoms with van der Waals surface area (Å²) < 4.78 is 12.8. The number of hydrogen-bond donors (Lipinski definition) is 2. The number of fused-ring (bicyclic) bond motifs is 2. The summed E-state index contributed by atoms with van der Waals surface area (Å²) in [5.41, 5.74) is 1.93. The average Bonchev–Trinajstić information content (AvgIpc) is 3.70. The SMILES string of the molecule is Cc1ccc(C)c(N2C/C=C\CCC(=O)N[C@@H](C)[C@H](c3ccccc3)OC(=O)[C@@H]3[C@H]4C(=O)N(CCCCO)[C@H](C2=O)[C@]42C=C[C@H]3O2)c1. The van der Waals surface area contributed by atoms with Crippen molar-refractivity contribution in [1.82, 2.24) is 10.2 Å². The van der Waals surface area contributed by atoms with Gasteiger partial charge in [-0.05, 0) is 62.8 Å². The molecule has 4 heterocycles. The van der Waals surface area contributed by atoms with Gasteiger partial charge in [0.15, 0.2) is 0 Å². The predicted octanol–water partition coefficient (Wildman–Crippen LogP) is 3.70. The van der Waals surface area contributed by atoms with Crippen LogP contribution in [0.5, 0.6) is 0 Å². The molecule has 5 bridgehead atoms. The van der Waals surface area contributed by atoms with Gasteiger partial charge < -0.3 is 29.7 Å². The molecule has 2 aromatic carbocycles. The Labute approximate surface area is 275 Å². The number of likely N-dealkylation sites (tertiary alicyclic amines) is 1. The number of rotatable bonds is 6. The van der Waals surface area contributed by atoms with Gasteiger partial charge in [0.25, 0.3) is 5.91 Å². The minimum atomic E-state index is -1.36. The maximum absolute atomic E-state index is 14.9. The van der Waals surface area contributed by atoms with E-state index in [9.17, 15) is 24.3 Å². The van der Waals surface area contributed by atoms with Gasteiger partial charge in [0, 0.05) is 31.8 Å². The predicted molar refractivity (Wildman–Crippen MR) is 175 cm³/mol. The number of allylic oxidation sites excluding steroid dienone is 1. The van der Waals surface area contributed by atoms with Crippen molar-refractivity contribution in [2.75, 3.05) is 24.6 Å². The fourth-order valence-electron chi connectivity index (χ4n) is 7.54. The first kappa shape index (κ1) is 32.7. The second kappa shape index (κ2) is 13.4. The highest BCUT2D eigenvalue weighted by atomic mass is 16.6. The van der Waals surface area contributed by atoms with Gasteiger partial charge in [-0.3, -0.25) is 19.2 Å². The molecule has 2 aromatic rings. The normalized spacial score (nSPS) is 31.6. The van der Waals surface area contributed by atoms with Crippen LogP contribution in [0.15, 0.2) is 72.8 Å². The molecule has 47 heavy (non-hydrogen) atoms. The molecule has 4 aliphatic heterocycles. The van der Waals surface area contributed by atoms with Gasteiger partial charge in [-0.2, -0.15) is 0 Å². The van der Waals surface area contributed by atoms with E-state index in [1.165, 1.54) is 0 Å². The molecule has 0 saturated carbocycles. The lowest BCUT2D eigenvalue weighted by molar-refractivity contribution is -0.161. The van der Waals surface area contributed by atoms with Crippen LogP contribution < -0.4 is 10.2 Å². The third-order valence-electron chi connectivity index (χ3n) is 9.82. The van der Waals surface area contributed by atoms with Gasteiger partial charge >= 0.3 is 5.97 Å². The van der Waals surface area contributed by atoms with Crippen LogP contribution in [-0.4, -0.2) is 77.2 Å². The number of carbonyl (C=O) groups is 4. The zero-order chi connectivity index (χ0) is 33.3. The lowest BCUT2D eigenvalue weighted by Crippen LogP contribution is -2.56. The van der Waals surface area contributed by atoms with Crippen molar-refractivity contribution in [2.45, 2.75) is 76.3 Å². The van der Waals surface area contributed by atoms with Gasteiger partial charge in [-0.25, -0.2) is 0 Å². The number of ether oxygens (including phenoxy) is 2. The van der Waals surface area contributed by atoms with Crippen molar-refractivity contribution < 1.29 is 33.8 Å². The first-order chi connectivity index (χ1) is 22.7. The number of aliphatic hydroxyl groups excluding tert-OH is 1. The zero-order valence-corrected chi connectivity index (χ0v) is 27.1. The van der Waals surface area contributed by atoms with Crippen LogP contribution in [0.25, 0.3) is 0 Å². The van der Waals surface area contributed by atoms with Crippen molar-refractivity contribution in [3.8, 4) is 0 Å². The Bertz CT molecular complexity index is 1590. The van der Waals surface area contributed by atoms with Crippen LogP contribution in [-0.2, 0) is 28.7 Å². The maximum Gasteiger partial charge on any atom is 0.313 e. The van der Waals surface area contributed by atoms with Crippen LogP contribution in [0.4, 0.5) is 5.69 Å². The molecule has 4 aliphatic rings. The number of benzene rings is 2. The van der Waals surface area contributed by atoms with Crippen molar-refractivity contribution in [3.05, 3.63) is 89.5 Å². The van der Waals surface area contributed by atoms with Gasteiger partial charge in [-0.1, -0.05) is 66.8 Å². The van der Waals surface area contributed by atoms with Crippen LogP contribution in [0.3, 0.4) is 0 Å². The van der Waals surface area contributed by atoms with Crippen molar-refractivity contribution in [3.63, 3.8) is 0 Å². The number of amides is 3. The molecule has 10 nitrogen and oxygen atoms in total. The number of nitrogens with zero attached hydrogens (tertiary/aromatic N) is 2. The first-order valence-corrected chi connectivity index (χ1v) is 16.5. The Hall–Kier alpha value is -4.28. The number of aryl methyl sites for hydroxylation is 2. The maximum atomic E-state index is 14.9. The fraction of sp³-hybridized carbons (Fsp3) is 0.459. The molecular formula is C37H43N3O7. The Morgan fingerprint density at radius 1 is 1.00 bits per heavy atom. The molecule has 6 rings (SSSR count). The minimum Gasteiger partial charge on any atom is -0.455 e. The average molecular weight is 642 g/mol. The van der Waals surface area contributed by atoms with Crippen LogP contribution >= 0.6 is 0 Å². The number of nitrogens with one attached hydrogen (secondary N) is 1. The number of aliphatic hydroxyl groups is 1. The van der Waals surface area contributed by atoms with E-state index in [-0.39, 0.29) is 43.8 Å². The molecule has 7 atom stereocenters. The number of anilines is 1. The van der Waals surface area contributed by atoms with Crippen LogP contribution in [0.2, 0.25) is 0 Å². The number of unbranched alkanes of at least 4 members (excludes halogenated alkanes) is 1. The summed E-state index contributed by atoms with van der Waals surface area (Å²) in [4.78, 5) is 59.8. The summed E-state index contributed by atoms with van der Waals surface area (Å²) in [7, 11) is 0. The molecule has 0 aliphatic carbocycles. The Morgan fingerprint density at radius 2 is 1.79 bits per heavy atom. The highest BCUT2D eigenvalue weighted by Gasteiger charge is 2.73. The third-order valence-corrected chi connectivity index (χ3v) is 9.82. The largest absolute Gasteiger partial charge is 0.455 e. The summed E-state index contributed by atoms with van der Waals surface area (Å²) in [6.45, 7) is 6.09. The van der Waals surface area contributed by atoms with E-state index in [0.717, 1.165) is 11.1 Å². The standard InChI is InChI=1S/C37H43N3O7/c1-23-15-16-24(2)27(22-23)39-19-9-5-8-14-29(42)38-25(3)32(26-12-6-4-7-13-26)46-36(45)30-28-17-18-37(47-28)31(30)34(43)40(20-10-11-21-41)33(37)35(39)44/h4-7,9,12-13,15-18,22,25,28,30-33,41H,8,10-11,14,19-21H2,1-3H3,(H,38,42)/b9-5-/t25-,28+,30-,31-,32+,33+,37-/m0/s1.